The van der Waals surface area contributed by atoms with Crippen LogP contribution in [0.3, 0.4) is 0 Å². The second-order valence-electron chi connectivity index (χ2n) is 7.68. The SMILES string of the molecule is CCCCCn1nc(C(=O)N(CCC)C2CCS(=O)(=O)C2)c2ccccc2c1=O. The Balaban J connectivity index is 2.05. The van der Waals surface area contributed by atoms with E-state index in [2.05, 4.69) is 12.0 Å². The zero-order chi connectivity index (χ0) is 21.0. The van der Waals surface area contributed by atoms with Gasteiger partial charge in [0.05, 0.1) is 16.9 Å². The van der Waals surface area contributed by atoms with Gasteiger partial charge in [-0.05, 0) is 25.3 Å². The Hall–Kier alpha value is -2.22. The Morgan fingerprint density at radius 3 is 2.52 bits per heavy atom. The lowest BCUT2D eigenvalue weighted by Gasteiger charge is -2.28. The summed E-state index contributed by atoms with van der Waals surface area (Å²) < 4.78 is 25.3. The van der Waals surface area contributed by atoms with E-state index in [9.17, 15) is 18.0 Å². The molecule has 3 rings (SSSR count). The van der Waals surface area contributed by atoms with Gasteiger partial charge in [0, 0.05) is 24.5 Å². The molecule has 0 radical (unpaired) electrons. The lowest BCUT2D eigenvalue weighted by Crippen LogP contribution is -2.43. The van der Waals surface area contributed by atoms with E-state index in [1.165, 1.54) is 4.68 Å². The summed E-state index contributed by atoms with van der Waals surface area (Å²) in [5.41, 5.74) is 0.0354. The molecule has 2 heterocycles. The molecule has 1 saturated heterocycles. The van der Waals surface area contributed by atoms with Crippen LogP contribution in [0.1, 0.15) is 56.4 Å². The number of rotatable bonds is 8. The molecule has 2 aromatic rings. The number of sulfone groups is 1. The van der Waals surface area contributed by atoms with Crippen LogP contribution < -0.4 is 5.56 Å². The molecular weight excluding hydrogens is 390 g/mol. The molecule has 1 fully saturated rings. The number of fused-ring (bicyclic) bond motifs is 1. The predicted octanol–water partition coefficient (Wildman–Crippen LogP) is 2.63. The van der Waals surface area contributed by atoms with Gasteiger partial charge in [-0.25, -0.2) is 13.1 Å². The van der Waals surface area contributed by atoms with Crippen molar-refractivity contribution in [3.8, 4) is 0 Å². The van der Waals surface area contributed by atoms with Crippen LogP contribution in [0.15, 0.2) is 29.1 Å². The number of unbranched alkanes of at least 4 members (excludes halogenated alkanes) is 2. The van der Waals surface area contributed by atoms with Gasteiger partial charge in [-0.1, -0.05) is 44.9 Å². The van der Waals surface area contributed by atoms with Crippen LogP contribution in [0.5, 0.6) is 0 Å². The Bertz CT molecular complexity index is 1050. The van der Waals surface area contributed by atoms with Gasteiger partial charge < -0.3 is 4.90 Å². The summed E-state index contributed by atoms with van der Waals surface area (Å²) in [5, 5.41) is 5.44. The first-order chi connectivity index (χ1) is 13.9. The van der Waals surface area contributed by atoms with Crippen molar-refractivity contribution in [2.45, 2.75) is 58.5 Å². The number of hydrogen-bond donors (Lipinski definition) is 0. The van der Waals surface area contributed by atoms with Crippen LogP contribution in [0.2, 0.25) is 0 Å². The third-order valence-corrected chi connectivity index (χ3v) is 7.17. The van der Waals surface area contributed by atoms with E-state index in [4.69, 9.17) is 0 Å². The Labute approximate surface area is 171 Å². The lowest BCUT2D eigenvalue weighted by atomic mass is 10.1. The van der Waals surface area contributed by atoms with Crippen molar-refractivity contribution in [1.82, 2.24) is 14.7 Å². The molecule has 0 N–H and O–H groups in total. The normalized spacial score (nSPS) is 18.2. The molecule has 1 unspecified atom stereocenters. The van der Waals surface area contributed by atoms with E-state index in [0.29, 0.717) is 30.3 Å². The molecule has 1 aromatic carbocycles. The quantitative estimate of drug-likeness (QED) is 0.614. The summed E-state index contributed by atoms with van der Waals surface area (Å²) in [7, 11) is -3.12. The molecule has 0 aliphatic carbocycles. The average Bonchev–Trinajstić information content (AvgIpc) is 3.07. The smallest absolute Gasteiger partial charge is 0.275 e. The van der Waals surface area contributed by atoms with E-state index in [1.807, 2.05) is 6.92 Å². The van der Waals surface area contributed by atoms with E-state index in [0.717, 1.165) is 25.7 Å². The van der Waals surface area contributed by atoms with Crippen molar-refractivity contribution in [3.63, 3.8) is 0 Å². The average molecular weight is 420 g/mol. The number of nitrogens with zero attached hydrogens (tertiary/aromatic N) is 3. The van der Waals surface area contributed by atoms with Gasteiger partial charge in [0.2, 0.25) is 0 Å². The van der Waals surface area contributed by atoms with Crippen LogP contribution in [0.25, 0.3) is 10.8 Å². The minimum Gasteiger partial charge on any atom is -0.333 e. The number of hydrogen-bond acceptors (Lipinski definition) is 5. The van der Waals surface area contributed by atoms with Gasteiger partial charge in [-0.2, -0.15) is 5.10 Å². The number of amides is 1. The van der Waals surface area contributed by atoms with Crippen molar-refractivity contribution in [1.29, 1.82) is 0 Å². The first-order valence-electron chi connectivity index (χ1n) is 10.4. The zero-order valence-electron chi connectivity index (χ0n) is 17.1. The van der Waals surface area contributed by atoms with Crippen LogP contribution in [-0.2, 0) is 16.4 Å². The van der Waals surface area contributed by atoms with Crippen molar-refractivity contribution in [2.24, 2.45) is 0 Å². The summed E-state index contributed by atoms with van der Waals surface area (Å²) in [6.45, 7) is 4.97. The molecule has 1 aliphatic heterocycles. The maximum absolute atomic E-state index is 13.5. The first kappa shape index (κ1) is 21.5. The first-order valence-corrected chi connectivity index (χ1v) is 12.2. The Morgan fingerprint density at radius 2 is 1.90 bits per heavy atom. The van der Waals surface area contributed by atoms with Gasteiger partial charge in [0.25, 0.3) is 11.5 Å². The third-order valence-electron chi connectivity index (χ3n) is 5.42. The van der Waals surface area contributed by atoms with E-state index >= 15 is 0 Å². The fourth-order valence-corrected chi connectivity index (χ4v) is 5.64. The molecule has 0 bridgehead atoms. The van der Waals surface area contributed by atoms with Crippen molar-refractivity contribution < 1.29 is 13.2 Å². The molecule has 158 valence electrons. The highest BCUT2D eigenvalue weighted by Gasteiger charge is 2.35. The van der Waals surface area contributed by atoms with Crippen molar-refractivity contribution in [2.75, 3.05) is 18.1 Å². The molecule has 1 amide bonds. The molecule has 8 heteroatoms. The second-order valence-corrected chi connectivity index (χ2v) is 9.91. The molecular formula is C21H29N3O4S. The molecule has 1 aliphatic rings. The number of aryl methyl sites for hydroxylation is 1. The fourth-order valence-electron chi connectivity index (χ4n) is 3.90. The molecule has 0 spiro atoms. The van der Waals surface area contributed by atoms with E-state index in [-0.39, 0.29) is 34.7 Å². The van der Waals surface area contributed by atoms with Crippen molar-refractivity contribution >= 4 is 26.5 Å². The van der Waals surface area contributed by atoms with Crippen LogP contribution >= 0.6 is 0 Å². The van der Waals surface area contributed by atoms with E-state index < -0.39 is 9.84 Å². The second kappa shape index (κ2) is 9.07. The summed E-state index contributed by atoms with van der Waals surface area (Å²) >= 11 is 0. The maximum Gasteiger partial charge on any atom is 0.275 e. The number of benzene rings is 1. The van der Waals surface area contributed by atoms with Crippen molar-refractivity contribution in [3.05, 3.63) is 40.3 Å². The predicted molar refractivity (Wildman–Crippen MR) is 114 cm³/mol. The van der Waals surface area contributed by atoms with Crippen LogP contribution in [0.4, 0.5) is 0 Å². The zero-order valence-corrected chi connectivity index (χ0v) is 18.0. The third kappa shape index (κ3) is 4.69. The number of aromatic nitrogens is 2. The molecule has 1 aromatic heterocycles. The summed E-state index contributed by atoms with van der Waals surface area (Å²) in [6, 6.07) is 6.68. The standard InChI is InChI=1S/C21H29N3O4S/c1-3-5-8-13-24-20(25)18-10-7-6-9-17(18)19(22-24)21(26)23(12-4-2)16-11-14-29(27,28)15-16/h6-7,9-10,16H,3-5,8,11-15H2,1-2H3. The van der Waals surface area contributed by atoms with Crippen LogP contribution in [-0.4, -0.2) is 53.1 Å². The lowest BCUT2D eigenvalue weighted by molar-refractivity contribution is 0.0690. The topological polar surface area (TPSA) is 89.3 Å². The number of carbonyl (C=O) groups excluding carboxylic acids is 1. The summed E-state index contributed by atoms with van der Waals surface area (Å²) in [5.74, 6) is -0.197. The minimum atomic E-state index is -3.12. The van der Waals surface area contributed by atoms with Gasteiger partial charge >= 0.3 is 0 Å². The maximum atomic E-state index is 13.5. The molecule has 29 heavy (non-hydrogen) atoms. The monoisotopic (exact) mass is 419 g/mol. The number of carbonyl (C=O) groups is 1. The Kier molecular flexibility index (Phi) is 6.72. The minimum absolute atomic E-state index is 0.00713. The van der Waals surface area contributed by atoms with Gasteiger partial charge in [0.15, 0.2) is 15.5 Å². The van der Waals surface area contributed by atoms with Gasteiger partial charge in [0.1, 0.15) is 0 Å². The van der Waals surface area contributed by atoms with Gasteiger partial charge in [-0.3, -0.25) is 9.59 Å². The largest absolute Gasteiger partial charge is 0.333 e. The van der Waals surface area contributed by atoms with Gasteiger partial charge in [-0.15, -0.1) is 0 Å². The summed E-state index contributed by atoms with van der Waals surface area (Å²) in [4.78, 5) is 28.0. The molecule has 1 atom stereocenters. The highest BCUT2D eigenvalue weighted by molar-refractivity contribution is 7.91. The molecule has 7 nitrogen and oxygen atoms in total. The van der Waals surface area contributed by atoms with E-state index in [1.54, 1.807) is 29.2 Å². The Morgan fingerprint density at radius 1 is 1.17 bits per heavy atom. The highest BCUT2D eigenvalue weighted by Crippen LogP contribution is 2.22. The highest BCUT2D eigenvalue weighted by atomic mass is 32.2. The molecule has 0 saturated carbocycles. The van der Waals surface area contributed by atoms with Crippen LogP contribution in [0, 0.1) is 0 Å². The fraction of sp³-hybridized carbons (Fsp3) is 0.571. The summed E-state index contributed by atoms with van der Waals surface area (Å²) in [6.07, 6.45) is 3.98.